The van der Waals surface area contributed by atoms with E-state index in [0.29, 0.717) is 18.5 Å². The molecule has 0 radical (unpaired) electrons. The van der Waals surface area contributed by atoms with Gasteiger partial charge in [0.1, 0.15) is 12.4 Å². The number of ether oxygens (including phenoxy) is 1. The summed E-state index contributed by atoms with van der Waals surface area (Å²) in [6, 6.07) is 20.7. The van der Waals surface area contributed by atoms with Crippen LogP contribution in [0.2, 0.25) is 0 Å². The van der Waals surface area contributed by atoms with Crippen LogP contribution in [0.15, 0.2) is 60.7 Å². The maximum atomic E-state index is 5.94. The monoisotopic (exact) mass is 339 g/mol. The number of nitrogens with zero attached hydrogens (tertiary/aromatic N) is 1. The number of halogens is 2. The van der Waals surface area contributed by atoms with Gasteiger partial charge in [-0.15, -0.1) is 24.0 Å². The van der Waals surface area contributed by atoms with Crippen molar-refractivity contribution >= 4 is 24.0 Å². The number of alkyl halides is 1. The molecule has 4 heteroatoms. The second-order valence-electron chi connectivity index (χ2n) is 5.12. The lowest BCUT2D eigenvalue weighted by atomic mass is 10.2. The van der Waals surface area contributed by atoms with Gasteiger partial charge in [0.2, 0.25) is 0 Å². The summed E-state index contributed by atoms with van der Waals surface area (Å²) in [6.45, 7) is 4.59. The average Bonchev–Trinajstić information content (AvgIpc) is 2.54. The van der Waals surface area contributed by atoms with Crippen molar-refractivity contribution in [2.75, 3.05) is 19.0 Å². The maximum Gasteiger partial charge on any atom is 0.119 e. The van der Waals surface area contributed by atoms with Crippen molar-refractivity contribution < 1.29 is 4.74 Å². The van der Waals surface area contributed by atoms with Crippen LogP contribution in [0.4, 0.5) is 0 Å². The summed E-state index contributed by atoms with van der Waals surface area (Å²) in [7, 11) is 0. The zero-order valence-corrected chi connectivity index (χ0v) is 14.4. The predicted octanol–water partition coefficient (Wildman–Crippen LogP) is 4.62. The van der Waals surface area contributed by atoms with Gasteiger partial charge in [-0.25, -0.2) is 0 Å². The van der Waals surface area contributed by atoms with E-state index in [0.717, 1.165) is 18.8 Å². The minimum Gasteiger partial charge on any atom is -0.492 e. The van der Waals surface area contributed by atoms with Crippen LogP contribution < -0.4 is 4.74 Å². The van der Waals surface area contributed by atoms with Crippen molar-refractivity contribution in [3.05, 3.63) is 66.2 Å². The van der Waals surface area contributed by atoms with Gasteiger partial charge in [0.05, 0.1) is 0 Å². The van der Waals surface area contributed by atoms with Crippen molar-refractivity contribution in [2.24, 2.45) is 0 Å². The quantitative estimate of drug-likeness (QED) is 0.651. The van der Waals surface area contributed by atoms with Crippen molar-refractivity contribution in [2.45, 2.75) is 19.5 Å². The van der Waals surface area contributed by atoms with E-state index in [1.807, 2.05) is 36.4 Å². The molecular weight excluding hydrogens is 317 g/mol. The van der Waals surface area contributed by atoms with E-state index in [2.05, 4.69) is 36.1 Å². The van der Waals surface area contributed by atoms with E-state index < -0.39 is 0 Å². The number of hydrogen-bond acceptors (Lipinski definition) is 2. The van der Waals surface area contributed by atoms with Crippen LogP contribution in [0.1, 0.15) is 12.5 Å². The molecular formula is C18H23Cl2NO. The van der Waals surface area contributed by atoms with E-state index >= 15 is 0 Å². The lowest BCUT2D eigenvalue weighted by Gasteiger charge is -2.28. The molecule has 0 saturated carbocycles. The highest BCUT2D eigenvalue weighted by Gasteiger charge is 2.14. The first kappa shape index (κ1) is 18.8. The summed E-state index contributed by atoms with van der Waals surface area (Å²) in [5, 5.41) is 0. The summed E-state index contributed by atoms with van der Waals surface area (Å²) in [6.07, 6.45) is 0. The van der Waals surface area contributed by atoms with Crippen LogP contribution in [0, 0.1) is 0 Å². The largest absolute Gasteiger partial charge is 0.492 e. The van der Waals surface area contributed by atoms with Crippen LogP contribution >= 0.6 is 24.0 Å². The topological polar surface area (TPSA) is 12.5 Å². The molecule has 0 aliphatic rings. The zero-order valence-electron chi connectivity index (χ0n) is 12.8. The van der Waals surface area contributed by atoms with Gasteiger partial charge in [0.25, 0.3) is 0 Å². The fourth-order valence-electron chi connectivity index (χ4n) is 2.22. The summed E-state index contributed by atoms with van der Waals surface area (Å²) in [5.41, 5.74) is 1.30. The van der Waals surface area contributed by atoms with Crippen LogP contribution in [0.3, 0.4) is 0 Å². The molecule has 0 spiro atoms. The first-order chi connectivity index (χ1) is 10.3. The van der Waals surface area contributed by atoms with Gasteiger partial charge in [-0.05, 0) is 24.6 Å². The molecule has 0 bridgehead atoms. The lowest BCUT2D eigenvalue weighted by Crippen LogP contribution is -2.38. The van der Waals surface area contributed by atoms with Gasteiger partial charge < -0.3 is 4.74 Å². The molecule has 1 atom stereocenters. The third-order valence-electron chi connectivity index (χ3n) is 3.46. The smallest absolute Gasteiger partial charge is 0.119 e. The second-order valence-corrected chi connectivity index (χ2v) is 5.50. The Morgan fingerprint density at radius 1 is 1.00 bits per heavy atom. The van der Waals surface area contributed by atoms with Gasteiger partial charge in [-0.1, -0.05) is 48.5 Å². The van der Waals surface area contributed by atoms with E-state index in [9.17, 15) is 0 Å². The Morgan fingerprint density at radius 3 is 2.18 bits per heavy atom. The van der Waals surface area contributed by atoms with Crippen molar-refractivity contribution in [1.29, 1.82) is 0 Å². The molecule has 0 saturated heterocycles. The standard InChI is InChI=1S/C18H22ClNO.ClH/c1-16(15-21-18-10-6-3-7-11-18)20(13-12-19)14-17-8-4-2-5-9-17;/h2-11,16H,12-15H2,1H3;1H/t16-;/m0./s1. The molecule has 2 aromatic carbocycles. The molecule has 0 amide bonds. The molecule has 2 rings (SSSR count). The average molecular weight is 340 g/mol. The van der Waals surface area contributed by atoms with Gasteiger partial charge in [0, 0.05) is 25.0 Å². The molecule has 0 unspecified atom stereocenters. The minimum atomic E-state index is 0. The van der Waals surface area contributed by atoms with Gasteiger partial charge in [-0.3, -0.25) is 4.90 Å². The third kappa shape index (κ3) is 6.27. The fourth-order valence-corrected chi connectivity index (χ4v) is 2.44. The molecule has 2 nitrogen and oxygen atoms in total. The van der Waals surface area contributed by atoms with Crippen LogP contribution in [0.5, 0.6) is 5.75 Å². The lowest BCUT2D eigenvalue weighted by molar-refractivity contribution is 0.146. The predicted molar refractivity (Wildman–Crippen MR) is 96.2 cm³/mol. The van der Waals surface area contributed by atoms with Crippen LogP contribution in [-0.2, 0) is 6.54 Å². The van der Waals surface area contributed by atoms with Crippen molar-refractivity contribution in [1.82, 2.24) is 4.90 Å². The molecule has 22 heavy (non-hydrogen) atoms. The van der Waals surface area contributed by atoms with E-state index in [1.54, 1.807) is 0 Å². The van der Waals surface area contributed by atoms with E-state index in [1.165, 1.54) is 5.56 Å². The summed E-state index contributed by atoms with van der Waals surface area (Å²) in [5.74, 6) is 1.54. The van der Waals surface area contributed by atoms with Gasteiger partial charge in [-0.2, -0.15) is 0 Å². The Bertz CT molecular complexity index is 507. The molecule has 0 aliphatic heterocycles. The summed E-state index contributed by atoms with van der Waals surface area (Å²) >= 11 is 5.94. The molecule has 0 heterocycles. The number of rotatable bonds is 8. The van der Waals surface area contributed by atoms with Crippen molar-refractivity contribution in [3.8, 4) is 5.75 Å². The SMILES string of the molecule is C[C@@H](COc1ccccc1)N(CCCl)Cc1ccccc1.Cl. The number of hydrogen-bond donors (Lipinski definition) is 0. The maximum absolute atomic E-state index is 5.94. The Hall–Kier alpha value is -1.22. The fraction of sp³-hybridized carbons (Fsp3) is 0.333. The summed E-state index contributed by atoms with van der Waals surface area (Å²) < 4.78 is 5.85. The Balaban J connectivity index is 0.00000242. The Labute approximate surface area is 144 Å². The molecule has 120 valence electrons. The van der Waals surface area contributed by atoms with Crippen LogP contribution in [-0.4, -0.2) is 30.0 Å². The molecule has 0 fully saturated rings. The highest BCUT2D eigenvalue weighted by atomic mass is 35.5. The van der Waals surface area contributed by atoms with Gasteiger partial charge >= 0.3 is 0 Å². The minimum absolute atomic E-state index is 0. The second kappa shape index (κ2) is 10.5. The molecule has 2 aromatic rings. The molecule has 0 aliphatic carbocycles. The molecule has 0 N–H and O–H groups in total. The van der Waals surface area contributed by atoms with E-state index in [4.69, 9.17) is 16.3 Å². The summed E-state index contributed by atoms with van der Waals surface area (Å²) in [4.78, 5) is 2.35. The highest BCUT2D eigenvalue weighted by molar-refractivity contribution is 6.18. The number of benzene rings is 2. The zero-order chi connectivity index (χ0) is 14.9. The van der Waals surface area contributed by atoms with Crippen molar-refractivity contribution in [3.63, 3.8) is 0 Å². The molecule has 0 aromatic heterocycles. The van der Waals surface area contributed by atoms with E-state index in [-0.39, 0.29) is 12.4 Å². The first-order valence-electron chi connectivity index (χ1n) is 7.31. The van der Waals surface area contributed by atoms with Crippen LogP contribution in [0.25, 0.3) is 0 Å². The Morgan fingerprint density at radius 2 is 1.59 bits per heavy atom. The normalized spacial score (nSPS) is 11.8. The first-order valence-corrected chi connectivity index (χ1v) is 7.85. The number of para-hydroxylation sites is 1. The highest BCUT2D eigenvalue weighted by Crippen LogP contribution is 2.12. The third-order valence-corrected chi connectivity index (χ3v) is 3.63. The Kier molecular flexibility index (Phi) is 8.98. The van der Waals surface area contributed by atoms with Gasteiger partial charge in [0.15, 0.2) is 0 Å².